The second kappa shape index (κ2) is 7.63. The van der Waals surface area contributed by atoms with Crippen LogP contribution in [0.15, 0.2) is 54.6 Å². The minimum atomic E-state index is 0.590. The molecule has 0 aliphatic heterocycles. The van der Waals surface area contributed by atoms with Gasteiger partial charge in [-0.2, -0.15) is 0 Å². The van der Waals surface area contributed by atoms with Crippen LogP contribution in [0.25, 0.3) is 12.2 Å². The molecule has 0 saturated heterocycles. The predicted molar refractivity (Wildman–Crippen MR) is 80.7 cm³/mol. The van der Waals surface area contributed by atoms with Crippen molar-refractivity contribution in [2.45, 2.75) is 0 Å². The van der Waals surface area contributed by atoms with Crippen LogP contribution in [0.5, 0.6) is 0 Å². The Kier molecular flexibility index (Phi) is 5.54. The molecule has 0 aliphatic rings. The van der Waals surface area contributed by atoms with Crippen LogP contribution in [0, 0.1) is 11.8 Å². The Morgan fingerprint density at radius 3 is 2.45 bits per heavy atom. The van der Waals surface area contributed by atoms with Gasteiger partial charge in [-0.05, 0) is 0 Å². The monoisotopic (exact) mass is 298 g/mol. The number of ether oxygens (including phenoxy) is 1. The molecular weight excluding hydrogens is 284 g/mol. The van der Waals surface area contributed by atoms with Gasteiger partial charge >= 0.3 is 128 Å². The van der Waals surface area contributed by atoms with Gasteiger partial charge in [-0.1, -0.05) is 0 Å². The molecule has 0 atom stereocenters. The molecule has 0 aromatic heterocycles. The number of rotatable bonds is 3. The average molecular weight is 298 g/mol. The summed E-state index contributed by atoms with van der Waals surface area (Å²) in [6.07, 6.45) is 4.16. The summed E-state index contributed by atoms with van der Waals surface area (Å²) < 4.78 is 5.60. The van der Waals surface area contributed by atoms with Crippen LogP contribution in [-0.4, -0.2) is 11.7 Å². The molecule has 2 heteroatoms. The summed E-state index contributed by atoms with van der Waals surface area (Å²) in [5.74, 6) is 6.05. The van der Waals surface area contributed by atoms with E-state index in [1.54, 1.807) is 7.11 Å². The average Bonchev–Trinajstić information content (AvgIpc) is 2.52. The first-order chi connectivity index (χ1) is 9.79. The van der Waals surface area contributed by atoms with Crippen molar-refractivity contribution in [3.8, 4) is 11.8 Å². The first-order valence-corrected chi connectivity index (χ1v) is 6.85. The van der Waals surface area contributed by atoms with Crippen LogP contribution in [0.4, 0.5) is 0 Å². The third-order valence-corrected chi connectivity index (χ3v) is 3.12. The summed E-state index contributed by atoms with van der Waals surface area (Å²) in [6.45, 7) is 0. The van der Waals surface area contributed by atoms with Gasteiger partial charge < -0.3 is 0 Å². The molecule has 0 bridgehead atoms. The van der Waals surface area contributed by atoms with Gasteiger partial charge in [0.15, 0.2) is 0 Å². The molecule has 0 N–H and O–H groups in total. The Labute approximate surface area is 127 Å². The van der Waals surface area contributed by atoms with Gasteiger partial charge in [0.2, 0.25) is 0 Å². The van der Waals surface area contributed by atoms with Crippen LogP contribution >= 0.6 is 0 Å². The number of benzene rings is 2. The van der Waals surface area contributed by atoms with Crippen LogP contribution in [0.2, 0.25) is 0 Å². The third-order valence-electron chi connectivity index (χ3n) is 2.70. The number of hydrogen-bond donors (Lipinski definition) is 0. The van der Waals surface area contributed by atoms with E-state index in [1.165, 1.54) is 5.56 Å². The summed E-state index contributed by atoms with van der Waals surface area (Å²) in [4.78, 5) is 0. The summed E-state index contributed by atoms with van der Waals surface area (Å²) >= 11 is 2.78. The topological polar surface area (TPSA) is 9.23 Å². The molecule has 2 rings (SSSR count). The van der Waals surface area contributed by atoms with E-state index in [0.29, 0.717) is 4.57 Å². The fourth-order valence-electron chi connectivity index (χ4n) is 1.68. The van der Waals surface area contributed by atoms with E-state index < -0.39 is 0 Å². The Hall–Kier alpha value is -1.90. The Balaban J connectivity index is 2.26. The van der Waals surface area contributed by atoms with Crippen molar-refractivity contribution in [3.05, 3.63) is 71.3 Å². The van der Waals surface area contributed by atoms with E-state index >= 15 is 0 Å². The van der Waals surface area contributed by atoms with Crippen molar-refractivity contribution in [2.75, 3.05) is 7.11 Å². The molecule has 0 unspecified atom stereocenters. The van der Waals surface area contributed by atoms with Crippen molar-refractivity contribution in [2.24, 2.45) is 0 Å². The molecule has 1 nitrogen and oxygen atoms in total. The molecule has 0 aliphatic carbocycles. The normalized spacial score (nSPS) is 10.1. The number of hydrogen-bond acceptors (Lipinski definition) is 1. The molecule has 0 saturated carbocycles. The Morgan fingerprint density at radius 2 is 1.70 bits per heavy atom. The van der Waals surface area contributed by atoms with E-state index in [9.17, 15) is 0 Å². The molecule has 0 radical (unpaired) electrons. The Bertz CT molecular complexity index is 675. The summed E-state index contributed by atoms with van der Waals surface area (Å²) in [5, 5.41) is 0. The standard InChI is InChI=1S/C18H14O.Cr/c1-19-15-7-12-17-10-5-6-11-18(17)14-13-16-8-3-2-4-9-16;/h2-6,8-11,13-14H,1H3;/b14-13+;. The maximum absolute atomic E-state index is 5.01. The van der Waals surface area contributed by atoms with E-state index in [1.807, 2.05) is 36.4 Å². The van der Waals surface area contributed by atoms with E-state index in [4.69, 9.17) is 4.74 Å². The summed E-state index contributed by atoms with van der Waals surface area (Å²) in [5.41, 5.74) is 3.24. The fourth-order valence-corrected chi connectivity index (χ4v) is 1.76. The fraction of sp³-hybridized carbons (Fsp3) is 0.0556. The molecule has 0 fully saturated rings. The van der Waals surface area contributed by atoms with Crippen molar-refractivity contribution in [3.63, 3.8) is 0 Å². The third kappa shape index (κ3) is 4.34. The van der Waals surface area contributed by atoms with E-state index in [0.717, 1.165) is 11.1 Å². The van der Waals surface area contributed by atoms with Gasteiger partial charge in [0, 0.05) is 0 Å². The van der Waals surface area contributed by atoms with Crippen LogP contribution in [-0.2, 0) is 20.6 Å². The zero-order chi connectivity index (χ0) is 14.2. The molecule has 0 spiro atoms. The van der Waals surface area contributed by atoms with Gasteiger partial charge in [-0.15, -0.1) is 0 Å². The van der Waals surface area contributed by atoms with Gasteiger partial charge in [0.1, 0.15) is 0 Å². The summed E-state index contributed by atoms with van der Waals surface area (Å²) in [7, 11) is 1.60. The summed E-state index contributed by atoms with van der Waals surface area (Å²) in [6, 6.07) is 18.2. The molecule has 0 heterocycles. The van der Waals surface area contributed by atoms with Crippen molar-refractivity contribution in [1.29, 1.82) is 0 Å². The number of methoxy groups -OCH3 is 1. The van der Waals surface area contributed by atoms with Crippen LogP contribution < -0.4 is 0 Å². The molecule has 0 amide bonds. The molecule has 20 heavy (non-hydrogen) atoms. The van der Waals surface area contributed by atoms with Gasteiger partial charge in [-0.25, -0.2) is 0 Å². The maximum atomic E-state index is 5.01. The SMILES string of the molecule is CO[C](=[Cr])C#Cc1ccccc1/C=C/c1ccccc1. The van der Waals surface area contributed by atoms with Crippen molar-refractivity contribution < 1.29 is 20.6 Å². The Morgan fingerprint density at radius 1 is 1.00 bits per heavy atom. The van der Waals surface area contributed by atoms with Crippen LogP contribution in [0.3, 0.4) is 0 Å². The van der Waals surface area contributed by atoms with E-state index in [-0.39, 0.29) is 0 Å². The molecule has 2 aromatic rings. The quantitative estimate of drug-likeness (QED) is 0.622. The second-order valence-electron chi connectivity index (χ2n) is 4.07. The molecule has 2 aromatic carbocycles. The minimum absolute atomic E-state index is 0.590. The molecular formula is C18H14CrO. The first kappa shape index (κ1) is 14.5. The van der Waals surface area contributed by atoms with Gasteiger partial charge in [0.25, 0.3) is 0 Å². The predicted octanol–water partition coefficient (Wildman–Crippen LogP) is 3.53. The zero-order valence-corrected chi connectivity index (χ0v) is 12.4. The van der Waals surface area contributed by atoms with Crippen molar-refractivity contribution in [1.82, 2.24) is 0 Å². The first-order valence-electron chi connectivity index (χ1n) is 6.22. The van der Waals surface area contributed by atoms with Gasteiger partial charge in [0.05, 0.1) is 0 Å². The zero-order valence-electron chi connectivity index (χ0n) is 11.2. The molecule has 98 valence electrons. The van der Waals surface area contributed by atoms with Gasteiger partial charge in [-0.3, -0.25) is 0 Å². The van der Waals surface area contributed by atoms with Crippen molar-refractivity contribution >= 4 is 16.7 Å². The van der Waals surface area contributed by atoms with Crippen LogP contribution in [0.1, 0.15) is 16.7 Å². The van der Waals surface area contributed by atoms with E-state index in [2.05, 4.69) is 58.0 Å². The second-order valence-corrected chi connectivity index (χ2v) is 4.65.